The molecule has 0 spiro atoms. The lowest BCUT2D eigenvalue weighted by molar-refractivity contribution is 0.0618. The Kier molecular flexibility index (Phi) is 6.01. The van der Waals surface area contributed by atoms with Crippen molar-refractivity contribution >= 4 is 17.5 Å². The number of hydrogen-bond donors (Lipinski definition) is 0. The molecule has 1 amide bonds. The number of methoxy groups -OCH3 is 1. The highest BCUT2D eigenvalue weighted by atomic mass is 35.5. The van der Waals surface area contributed by atoms with Crippen LogP contribution in [0.4, 0.5) is 4.39 Å². The Balaban J connectivity index is 1.34. The molecule has 0 N–H and O–H groups in total. The van der Waals surface area contributed by atoms with Crippen molar-refractivity contribution in [1.29, 1.82) is 0 Å². The number of carbonyl (C=O) groups is 1. The molecule has 2 heterocycles. The van der Waals surface area contributed by atoms with Crippen LogP contribution in [0.1, 0.15) is 16.1 Å². The van der Waals surface area contributed by atoms with Crippen molar-refractivity contribution in [2.24, 2.45) is 0 Å². The van der Waals surface area contributed by atoms with E-state index in [4.69, 9.17) is 20.9 Å². The number of ether oxygens (including phenoxy) is 1. The molecule has 1 aliphatic heterocycles. The molecule has 6 nitrogen and oxygen atoms in total. The molecule has 3 aromatic rings. The lowest BCUT2D eigenvalue weighted by Crippen LogP contribution is -2.48. The van der Waals surface area contributed by atoms with Gasteiger partial charge in [0.15, 0.2) is 23.0 Å². The first-order chi connectivity index (χ1) is 14.5. The quantitative estimate of drug-likeness (QED) is 0.611. The first-order valence-electron chi connectivity index (χ1n) is 9.60. The summed E-state index contributed by atoms with van der Waals surface area (Å²) in [6.07, 6.45) is 0. The molecular weight excluding hydrogens is 409 g/mol. The highest BCUT2D eigenvalue weighted by molar-refractivity contribution is 6.30. The van der Waals surface area contributed by atoms with Crippen LogP contribution in [0.2, 0.25) is 5.02 Å². The molecule has 0 saturated carbocycles. The van der Waals surface area contributed by atoms with E-state index in [0.717, 1.165) is 11.1 Å². The van der Waals surface area contributed by atoms with Gasteiger partial charge in [-0.05, 0) is 42.0 Å². The zero-order valence-electron chi connectivity index (χ0n) is 16.5. The standard InChI is InChI=1S/C22H21ClFN3O3/c1-29-20-7-2-15(12-18(20)24)14-26-8-10-27(11-9-26)22(28)19-13-21(30-25-19)16-3-5-17(23)6-4-16/h2-7,12-13H,8-11,14H2,1H3. The summed E-state index contributed by atoms with van der Waals surface area (Å²) in [5.74, 6) is 0.232. The van der Waals surface area contributed by atoms with Gasteiger partial charge in [-0.2, -0.15) is 0 Å². The second-order valence-electron chi connectivity index (χ2n) is 7.12. The van der Waals surface area contributed by atoms with Gasteiger partial charge in [-0.1, -0.05) is 22.8 Å². The van der Waals surface area contributed by atoms with Crippen molar-refractivity contribution in [3.8, 4) is 17.1 Å². The Hall–Kier alpha value is -2.90. The Morgan fingerprint density at radius 3 is 2.53 bits per heavy atom. The number of nitrogens with zero attached hydrogens (tertiary/aromatic N) is 3. The van der Waals surface area contributed by atoms with Crippen molar-refractivity contribution in [2.45, 2.75) is 6.54 Å². The Morgan fingerprint density at radius 2 is 1.87 bits per heavy atom. The number of piperazine rings is 1. The first-order valence-corrected chi connectivity index (χ1v) is 9.98. The summed E-state index contributed by atoms with van der Waals surface area (Å²) in [6, 6.07) is 13.8. The van der Waals surface area contributed by atoms with Crippen LogP contribution in [0.5, 0.6) is 5.75 Å². The van der Waals surface area contributed by atoms with E-state index in [-0.39, 0.29) is 23.2 Å². The van der Waals surface area contributed by atoms with E-state index in [1.165, 1.54) is 13.2 Å². The van der Waals surface area contributed by atoms with Gasteiger partial charge in [0, 0.05) is 49.4 Å². The summed E-state index contributed by atoms with van der Waals surface area (Å²) in [5, 5.41) is 4.57. The van der Waals surface area contributed by atoms with Gasteiger partial charge in [0.2, 0.25) is 0 Å². The van der Waals surface area contributed by atoms with Crippen molar-refractivity contribution in [2.75, 3.05) is 33.3 Å². The number of rotatable bonds is 5. The molecule has 1 aliphatic rings. The summed E-state index contributed by atoms with van der Waals surface area (Å²) >= 11 is 5.91. The predicted octanol–water partition coefficient (Wildman–Crippen LogP) is 4.10. The largest absolute Gasteiger partial charge is 0.494 e. The topological polar surface area (TPSA) is 58.8 Å². The predicted molar refractivity (Wildman–Crippen MR) is 111 cm³/mol. The van der Waals surface area contributed by atoms with Crippen LogP contribution >= 0.6 is 11.6 Å². The van der Waals surface area contributed by atoms with Gasteiger partial charge in [0.1, 0.15) is 0 Å². The summed E-state index contributed by atoms with van der Waals surface area (Å²) in [4.78, 5) is 16.7. The maximum absolute atomic E-state index is 13.9. The second kappa shape index (κ2) is 8.85. The lowest BCUT2D eigenvalue weighted by atomic mass is 10.1. The monoisotopic (exact) mass is 429 g/mol. The fourth-order valence-corrected chi connectivity index (χ4v) is 3.59. The third kappa shape index (κ3) is 4.47. The van der Waals surface area contributed by atoms with E-state index in [1.54, 1.807) is 29.2 Å². The van der Waals surface area contributed by atoms with Crippen LogP contribution in [-0.2, 0) is 6.54 Å². The fraction of sp³-hybridized carbons (Fsp3) is 0.273. The highest BCUT2D eigenvalue weighted by Gasteiger charge is 2.25. The van der Waals surface area contributed by atoms with E-state index in [2.05, 4.69) is 10.1 Å². The number of benzene rings is 2. The molecule has 0 radical (unpaired) electrons. The summed E-state index contributed by atoms with van der Waals surface area (Å²) in [6.45, 7) is 3.15. The van der Waals surface area contributed by atoms with Crippen LogP contribution < -0.4 is 4.74 Å². The molecule has 1 aromatic heterocycles. The molecular formula is C22H21ClFN3O3. The van der Waals surface area contributed by atoms with Crippen LogP contribution in [0.15, 0.2) is 53.1 Å². The zero-order valence-corrected chi connectivity index (χ0v) is 17.2. The average Bonchev–Trinajstić information content (AvgIpc) is 3.25. The van der Waals surface area contributed by atoms with Crippen molar-refractivity contribution in [3.63, 3.8) is 0 Å². The van der Waals surface area contributed by atoms with Gasteiger partial charge in [0.25, 0.3) is 5.91 Å². The molecule has 0 unspecified atom stereocenters. The molecule has 0 atom stereocenters. The number of carbonyl (C=O) groups excluding carboxylic acids is 1. The minimum atomic E-state index is -0.369. The Labute approximate surface area is 178 Å². The van der Waals surface area contributed by atoms with Crippen LogP contribution in [0.3, 0.4) is 0 Å². The number of aromatic nitrogens is 1. The SMILES string of the molecule is COc1ccc(CN2CCN(C(=O)c3cc(-c4ccc(Cl)cc4)on3)CC2)cc1F. The maximum atomic E-state index is 13.9. The van der Waals surface area contributed by atoms with E-state index in [1.807, 2.05) is 18.2 Å². The van der Waals surface area contributed by atoms with Crippen LogP contribution in [0.25, 0.3) is 11.3 Å². The lowest BCUT2D eigenvalue weighted by Gasteiger charge is -2.34. The molecule has 8 heteroatoms. The van der Waals surface area contributed by atoms with Gasteiger partial charge in [-0.25, -0.2) is 4.39 Å². The summed E-state index contributed by atoms with van der Waals surface area (Å²) in [5.41, 5.74) is 1.96. The first kappa shape index (κ1) is 20.4. The maximum Gasteiger partial charge on any atom is 0.276 e. The van der Waals surface area contributed by atoms with Gasteiger partial charge < -0.3 is 14.2 Å². The minimum Gasteiger partial charge on any atom is -0.494 e. The molecule has 156 valence electrons. The number of halogens is 2. The van der Waals surface area contributed by atoms with E-state index >= 15 is 0 Å². The molecule has 0 bridgehead atoms. The van der Waals surface area contributed by atoms with Gasteiger partial charge in [-0.3, -0.25) is 9.69 Å². The second-order valence-corrected chi connectivity index (χ2v) is 7.56. The smallest absolute Gasteiger partial charge is 0.276 e. The molecule has 2 aromatic carbocycles. The average molecular weight is 430 g/mol. The van der Waals surface area contributed by atoms with Gasteiger partial charge in [0.05, 0.1) is 7.11 Å². The normalized spacial score (nSPS) is 14.7. The number of amides is 1. The fourth-order valence-electron chi connectivity index (χ4n) is 3.46. The summed E-state index contributed by atoms with van der Waals surface area (Å²) < 4.78 is 24.2. The van der Waals surface area contributed by atoms with Crippen molar-refractivity contribution in [3.05, 3.63) is 70.6 Å². The van der Waals surface area contributed by atoms with E-state index in [9.17, 15) is 9.18 Å². The van der Waals surface area contributed by atoms with Crippen LogP contribution in [0, 0.1) is 5.82 Å². The zero-order chi connectivity index (χ0) is 21.1. The van der Waals surface area contributed by atoms with Crippen LogP contribution in [-0.4, -0.2) is 54.2 Å². The third-order valence-electron chi connectivity index (χ3n) is 5.14. The van der Waals surface area contributed by atoms with Crippen molar-refractivity contribution in [1.82, 2.24) is 15.0 Å². The van der Waals surface area contributed by atoms with E-state index < -0.39 is 0 Å². The Bertz CT molecular complexity index is 1030. The van der Waals surface area contributed by atoms with Gasteiger partial charge >= 0.3 is 0 Å². The summed E-state index contributed by atoms with van der Waals surface area (Å²) in [7, 11) is 1.45. The molecule has 4 rings (SSSR count). The van der Waals surface area contributed by atoms with Crippen molar-refractivity contribution < 1.29 is 18.4 Å². The minimum absolute atomic E-state index is 0.158. The third-order valence-corrected chi connectivity index (χ3v) is 5.39. The van der Waals surface area contributed by atoms with Gasteiger partial charge in [-0.15, -0.1) is 0 Å². The highest BCUT2D eigenvalue weighted by Crippen LogP contribution is 2.23. The molecule has 1 fully saturated rings. The van der Waals surface area contributed by atoms with E-state index in [0.29, 0.717) is 43.5 Å². The molecule has 30 heavy (non-hydrogen) atoms. The molecule has 1 saturated heterocycles. The molecule has 0 aliphatic carbocycles. The number of hydrogen-bond acceptors (Lipinski definition) is 5. The Morgan fingerprint density at radius 1 is 1.13 bits per heavy atom.